The maximum Gasteiger partial charge on any atom is 0.309 e. The van der Waals surface area contributed by atoms with Gasteiger partial charge in [0.15, 0.2) is 5.01 Å². The Morgan fingerprint density at radius 1 is 1.23 bits per heavy atom. The first-order valence-corrected chi connectivity index (χ1v) is 10.5. The summed E-state index contributed by atoms with van der Waals surface area (Å²) in [5.41, 5.74) is 6.05. The highest BCUT2D eigenvalue weighted by atomic mass is 32.1. The van der Waals surface area contributed by atoms with E-state index >= 15 is 0 Å². The predicted octanol–water partition coefficient (Wildman–Crippen LogP) is -1.39. The molecule has 0 aromatic carbocycles. The van der Waals surface area contributed by atoms with Gasteiger partial charge in [0.05, 0.1) is 17.8 Å². The van der Waals surface area contributed by atoms with Crippen LogP contribution in [-0.2, 0) is 22.6 Å². The van der Waals surface area contributed by atoms with Gasteiger partial charge in [0.1, 0.15) is 6.33 Å². The van der Waals surface area contributed by atoms with Crippen LogP contribution in [0.25, 0.3) is 0 Å². The number of rotatable bonds is 4. The van der Waals surface area contributed by atoms with Crippen LogP contribution in [0.3, 0.4) is 0 Å². The number of hydrogen-bond donors (Lipinski definition) is 3. The van der Waals surface area contributed by atoms with Crippen molar-refractivity contribution in [1.29, 1.82) is 0 Å². The Hall–Kier alpha value is -2.93. The molecule has 1 saturated carbocycles. The number of carbonyl (C=O) groups is 3. The van der Waals surface area contributed by atoms with Crippen LogP contribution in [0.15, 0.2) is 6.33 Å². The van der Waals surface area contributed by atoms with E-state index in [1.165, 1.54) is 17.7 Å². The first-order chi connectivity index (χ1) is 14.4. The molecule has 12 nitrogen and oxygen atoms in total. The van der Waals surface area contributed by atoms with E-state index in [4.69, 9.17) is 5.73 Å². The largest absolute Gasteiger partial charge is 0.361 e. The molecule has 0 spiro atoms. The van der Waals surface area contributed by atoms with Crippen LogP contribution in [0.1, 0.15) is 45.7 Å². The van der Waals surface area contributed by atoms with Gasteiger partial charge in [-0.3, -0.25) is 14.4 Å². The molecule has 3 atom stereocenters. The number of nitrogens with one attached hydrogen (secondary N) is 2. The van der Waals surface area contributed by atoms with Crippen LogP contribution in [-0.4, -0.2) is 73.5 Å². The quantitative estimate of drug-likeness (QED) is 0.497. The third kappa shape index (κ3) is 4.31. The number of tetrazole rings is 1. The molecule has 0 radical (unpaired) electrons. The van der Waals surface area contributed by atoms with Gasteiger partial charge in [-0.2, -0.15) is 0 Å². The summed E-state index contributed by atoms with van der Waals surface area (Å²) < 4.78 is 1.64. The van der Waals surface area contributed by atoms with Crippen molar-refractivity contribution in [1.82, 2.24) is 40.7 Å². The number of likely N-dealkylation sites (N-methyl/N-ethyl adjacent to an activating group) is 1. The molecule has 3 heterocycles. The minimum Gasteiger partial charge on any atom is -0.361 e. The Labute approximate surface area is 176 Å². The van der Waals surface area contributed by atoms with E-state index in [0.717, 1.165) is 30.1 Å². The van der Waals surface area contributed by atoms with Gasteiger partial charge in [0, 0.05) is 30.4 Å². The van der Waals surface area contributed by atoms with Crippen molar-refractivity contribution in [3.8, 4) is 0 Å². The number of hydrogen-bond acceptors (Lipinski definition) is 9. The number of nitrogens with two attached hydrogens (primary N) is 1. The van der Waals surface area contributed by atoms with E-state index in [2.05, 4.69) is 36.0 Å². The second-order valence-electron chi connectivity index (χ2n) is 7.66. The third-order valence-corrected chi connectivity index (χ3v) is 6.62. The van der Waals surface area contributed by atoms with Crippen LogP contribution >= 0.6 is 11.3 Å². The van der Waals surface area contributed by atoms with Crippen LogP contribution in [0.5, 0.6) is 0 Å². The molecule has 2 aromatic rings. The zero-order valence-corrected chi connectivity index (χ0v) is 17.3. The fourth-order valence-electron chi connectivity index (χ4n) is 3.95. The topological polar surface area (TPSA) is 161 Å². The first-order valence-electron chi connectivity index (χ1n) is 9.71. The number of primary amides is 1. The summed E-state index contributed by atoms with van der Waals surface area (Å²) in [5, 5.41) is 17.3. The second-order valence-corrected chi connectivity index (χ2v) is 8.74. The summed E-state index contributed by atoms with van der Waals surface area (Å²) in [6.45, 7) is 1.69. The Morgan fingerprint density at radius 2 is 2.07 bits per heavy atom. The van der Waals surface area contributed by atoms with Crippen LogP contribution in [0.4, 0.5) is 0 Å². The lowest BCUT2D eigenvalue weighted by molar-refractivity contribution is -0.138. The van der Waals surface area contributed by atoms with Gasteiger partial charge in [-0.05, 0) is 36.7 Å². The van der Waals surface area contributed by atoms with Crippen LogP contribution in [0, 0.1) is 0 Å². The van der Waals surface area contributed by atoms with Crippen molar-refractivity contribution < 1.29 is 14.4 Å². The lowest BCUT2D eigenvalue weighted by atomic mass is 9.86. The highest BCUT2D eigenvalue weighted by Crippen LogP contribution is 2.29. The molecule has 0 saturated heterocycles. The van der Waals surface area contributed by atoms with Crippen LogP contribution in [0.2, 0.25) is 0 Å². The maximum atomic E-state index is 12.9. The maximum absolute atomic E-state index is 12.9. The van der Waals surface area contributed by atoms with E-state index in [1.807, 2.05) is 7.05 Å². The average Bonchev–Trinajstić information content (AvgIpc) is 3.38. The minimum atomic E-state index is -1.06. The van der Waals surface area contributed by atoms with E-state index in [0.29, 0.717) is 24.3 Å². The normalized spacial score (nSPS) is 24.1. The zero-order chi connectivity index (χ0) is 21.3. The summed E-state index contributed by atoms with van der Waals surface area (Å²) >= 11 is 1.39. The molecule has 1 aliphatic heterocycles. The van der Waals surface area contributed by atoms with Gasteiger partial charge in [0.25, 0.3) is 5.91 Å². The number of fused-ring (bicyclic) bond motifs is 1. The molecule has 4 rings (SSSR count). The van der Waals surface area contributed by atoms with Gasteiger partial charge >= 0.3 is 11.8 Å². The second kappa shape index (κ2) is 8.44. The molecule has 1 fully saturated rings. The molecule has 4 N–H and O–H groups in total. The first kappa shape index (κ1) is 20.3. The Kier molecular flexibility index (Phi) is 5.72. The molecule has 1 aliphatic carbocycles. The monoisotopic (exact) mass is 433 g/mol. The van der Waals surface area contributed by atoms with E-state index < -0.39 is 23.9 Å². The third-order valence-electron chi connectivity index (χ3n) is 5.53. The molecule has 3 amide bonds. The van der Waals surface area contributed by atoms with Gasteiger partial charge in [-0.25, -0.2) is 9.67 Å². The van der Waals surface area contributed by atoms with Crippen molar-refractivity contribution in [3.05, 3.63) is 21.9 Å². The number of carbonyl (C=O) groups excluding carboxylic acids is 3. The summed E-state index contributed by atoms with van der Waals surface area (Å²) in [6, 6.07) is -0.889. The Morgan fingerprint density at radius 3 is 2.80 bits per heavy atom. The molecular formula is C17H23N9O3S. The Bertz CT molecular complexity index is 944. The van der Waals surface area contributed by atoms with Crippen molar-refractivity contribution in [2.75, 3.05) is 13.6 Å². The van der Waals surface area contributed by atoms with Crippen molar-refractivity contribution >= 4 is 29.1 Å². The molecule has 2 aromatic heterocycles. The lowest BCUT2D eigenvalue weighted by Gasteiger charge is -2.36. The standard InChI is InChI=1S/C17H23N9O3S/c1-25-5-4-11-13(7-25)30-17(22-11)16(29)21-12-6-9(26-8-19-23-24-26)2-3-10(12)20-15(28)14(18)27/h8-10,12H,2-7H2,1H3,(H2,18,27)(H,20,28)(H,21,29)/t9-,10-,12+/m0/s1. The molecule has 30 heavy (non-hydrogen) atoms. The Balaban J connectivity index is 1.50. The van der Waals surface area contributed by atoms with Crippen LogP contribution < -0.4 is 16.4 Å². The van der Waals surface area contributed by atoms with Gasteiger partial charge in [0.2, 0.25) is 0 Å². The minimum absolute atomic E-state index is 0.0369. The highest BCUT2D eigenvalue weighted by molar-refractivity contribution is 7.13. The summed E-state index contributed by atoms with van der Waals surface area (Å²) in [5.74, 6) is -2.22. The molecule has 160 valence electrons. The van der Waals surface area contributed by atoms with E-state index in [-0.39, 0.29) is 11.9 Å². The number of thiazole rings is 1. The number of amides is 3. The molecule has 0 bridgehead atoms. The predicted molar refractivity (Wildman–Crippen MR) is 105 cm³/mol. The van der Waals surface area contributed by atoms with E-state index in [9.17, 15) is 14.4 Å². The highest BCUT2D eigenvalue weighted by Gasteiger charge is 2.35. The van der Waals surface area contributed by atoms with E-state index in [1.54, 1.807) is 4.68 Å². The summed E-state index contributed by atoms with van der Waals surface area (Å²) in [6.07, 6.45) is 4.05. The smallest absolute Gasteiger partial charge is 0.309 e. The lowest BCUT2D eigenvalue weighted by Crippen LogP contribution is -2.56. The fraction of sp³-hybridized carbons (Fsp3) is 0.588. The summed E-state index contributed by atoms with van der Waals surface area (Å²) in [4.78, 5) is 43.8. The zero-order valence-electron chi connectivity index (χ0n) is 16.4. The molecule has 13 heteroatoms. The fourth-order valence-corrected chi connectivity index (χ4v) is 5.04. The molecule has 0 unspecified atom stereocenters. The number of nitrogens with zero attached hydrogens (tertiary/aromatic N) is 6. The van der Waals surface area contributed by atoms with Crippen molar-refractivity contribution in [3.63, 3.8) is 0 Å². The molecular weight excluding hydrogens is 410 g/mol. The summed E-state index contributed by atoms with van der Waals surface area (Å²) in [7, 11) is 2.04. The van der Waals surface area contributed by atoms with Crippen molar-refractivity contribution in [2.45, 2.75) is 50.4 Å². The van der Waals surface area contributed by atoms with Crippen molar-refractivity contribution in [2.24, 2.45) is 5.73 Å². The number of aromatic nitrogens is 5. The van der Waals surface area contributed by atoms with Gasteiger partial charge < -0.3 is 21.3 Å². The molecule has 2 aliphatic rings. The van der Waals surface area contributed by atoms with Gasteiger partial charge in [-0.15, -0.1) is 16.4 Å². The SMILES string of the molecule is CN1CCc2nc(C(=O)N[C@@H]3C[C@@H](n4cnnn4)CC[C@@H]3NC(=O)C(N)=O)sc2C1. The average molecular weight is 433 g/mol. The van der Waals surface area contributed by atoms with Gasteiger partial charge in [-0.1, -0.05) is 0 Å².